The number of hydrazine groups is 1. The highest BCUT2D eigenvalue weighted by molar-refractivity contribution is 5.98. The van der Waals surface area contributed by atoms with Crippen LogP contribution in [0.1, 0.15) is 42.3 Å². The maximum absolute atomic E-state index is 11.8. The highest BCUT2D eigenvalue weighted by atomic mass is 16.5. The van der Waals surface area contributed by atoms with Crippen LogP contribution < -0.4 is 11.3 Å². The van der Waals surface area contributed by atoms with E-state index in [1.165, 1.54) is 0 Å². The number of fused-ring (bicyclic) bond motifs is 1. The molecule has 0 aliphatic carbocycles. The number of nitrogens with two attached hydrogens (primary N) is 1. The molecule has 0 aliphatic rings. The fraction of sp³-hybridized carbons (Fsp3) is 0.400. The summed E-state index contributed by atoms with van der Waals surface area (Å²) in [6, 6.07) is 7.50. The average molecular weight is 276 g/mol. The van der Waals surface area contributed by atoms with Crippen molar-refractivity contribution in [2.75, 3.05) is 6.61 Å². The minimum Gasteiger partial charge on any atom is -0.450 e. The van der Waals surface area contributed by atoms with Gasteiger partial charge in [0.2, 0.25) is 0 Å². The molecule has 2 rings (SSSR count). The number of benzene rings is 1. The van der Waals surface area contributed by atoms with Gasteiger partial charge in [0.05, 0.1) is 6.61 Å². The molecule has 0 fully saturated rings. The van der Waals surface area contributed by atoms with Crippen LogP contribution in [-0.4, -0.2) is 12.5 Å². The molecule has 3 N–H and O–H groups in total. The summed E-state index contributed by atoms with van der Waals surface area (Å²) in [6.45, 7) is 3.17. The van der Waals surface area contributed by atoms with E-state index < -0.39 is 5.91 Å². The average Bonchev–Trinajstić information content (AvgIpc) is 2.85. The minimum absolute atomic E-state index is 0.226. The summed E-state index contributed by atoms with van der Waals surface area (Å²) in [6.07, 6.45) is 3.31. The molecule has 1 aromatic heterocycles. The molecule has 20 heavy (non-hydrogen) atoms. The number of furan rings is 1. The van der Waals surface area contributed by atoms with Gasteiger partial charge >= 0.3 is 5.91 Å². The zero-order valence-electron chi connectivity index (χ0n) is 11.6. The second-order valence-corrected chi connectivity index (χ2v) is 4.64. The Labute approximate surface area is 118 Å². The Balaban J connectivity index is 2.18. The summed E-state index contributed by atoms with van der Waals surface area (Å²) >= 11 is 0. The number of nitrogens with one attached hydrogen (secondary N) is 1. The molecule has 2 aromatic rings. The first-order chi connectivity index (χ1) is 9.77. The number of amides is 1. The van der Waals surface area contributed by atoms with Crippen LogP contribution in [0.25, 0.3) is 11.0 Å². The van der Waals surface area contributed by atoms with Gasteiger partial charge in [0.15, 0.2) is 5.76 Å². The van der Waals surface area contributed by atoms with Gasteiger partial charge in [-0.3, -0.25) is 10.2 Å². The van der Waals surface area contributed by atoms with Crippen LogP contribution in [0.4, 0.5) is 0 Å². The molecule has 5 nitrogen and oxygen atoms in total. The molecule has 1 heterocycles. The van der Waals surface area contributed by atoms with Crippen molar-refractivity contribution >= 4 is 16.9 Å². The molecule has 0 aliphatic heterocycles. The van der Waals surface area contributed by atoms with E-state index in [9.17, 15) is 4.79 Å². The SMILES string of the molecule is CCCCCOCc1c(C(=O)NN)oc2ccccc12. The van der Waals surface area contributed by atoms with Crippen molar-refractivity contribution < 1.29 is 13.9 Å². The monoisotopic (exact) mass is 276 g/mol. The van der Waals surface area contributed by atoms with E-state index in [0.717, 1.165) is 30.2 Å². The second-order valence-electron chi connectivity index (χ2n) is 4.64. The Morgan fingerprint density at radius 1 is 1.35 bits per heavy atom. The number of hydrogen-bond donors (Lipinski definition) is 2. The first-order valence-corrected chi connectivity index (χ1v) is 6.87. The summed E-state index contributed by atoms with van der Waals surface area (Å²) in [5.41, 5.74) is 3.52. The fourth-order valence-electron chi connectivity index (χ4n) is 2.12. The second kappa shape index (κ2) is 7.07. The summed E-state index contributed by atoms with van der Waals surface area (Å²) in [4.78, 5) is 11.8. The lowest BCUT2D eigenvalue weighted by molar-refractivity contribution is 0.0908. The molecule has 0 saturated carbocycles. The van der Waals surface area contributed by atoms with Crippen molar-refractivity contribution in [3.63, 3.8) is 0 Å². The number of carbonyl (C=O) groups is 1. The Bertz CT molecular complexity index is 578. The van der Waals surface area contributed by atoms with E-state index in [-0.39, 0.29) is 5.76 Å². The molecule has 0 atom stereocenters. The number of ether oxygens (including phenoxy) is 1. The van der Waals surface area contributed by atoms with Crippen molar-refractivity contribution in [2.24, 2.45) is 5.84 Å². The third-order valence-corrected chi connectivity index (χ3v) is 3.17. The van der Waals surface area contributed by atoms with Crippen molar-refractivity contribution in [1.82, 2.24) is 5.43 Å². The number of hydrogen-bond acceptors (Lipinski definition) is 4. The van der Waals surface area contributed by atoms with Crippen molar-refractivity contribution in [1.29, 1.82) is 0 Å². The van der Waals surface area contributed by atoms with Gasteiger partial charge in [0.25, 0.3) is 0 Å². The van der Waals surface area contributed by atoms with E-state index in [1.54, 1.807) is 0 Å². The van der Waals surface area contributed by atoms with Gasteiger partial charge in [-0.25, -0.2) is 5.84 Å². The molecule has 0 spiro atoms. The maximum Gasteiger partial charge on any atom is 0.301 e. The molecule has 1 aromatic carbocycles. The molecule has 0 saturated heterocycles. The van der Waals surface area contributed by atoms with Gasteiger partial charge in [-0.1, -0.05) is 38.0 Å². The van der Waals surface area contributed by atoms with E-state index in [0.29, 0.717) is 18.8 Å². The van der Waals surface area contributed by atoms with Gasteiger partial charge < -0.3 is 9.15 Å². The minimum atomic E-state index is -0.437. The molecule has 5 heteroatoms. The smallest absolute Gasteiger partial charge is 0.301 e. The molecular weight excluding hydrogens is 256 g/mol. The number of carbonyl (C=O) groups excluding carboxylic acids is 1. The summed E-state index contributed by atoms with van der Waals surface area (Å²) in [5.74, 6) is 4.98. The first kappa shape index (κ1) is 14.6. The summed E-state index contributed by atoms with van der Waals surface area (Å²) in [7, 11) is 0. The van der Waals surface area contributed by atoms with Gasteiger partial charge in [0.1, 0.15) is 5.58 Å². The van der Waals surface area contributed by atoms with Crippen molar-refractivity contribution in [3.05, 3.63) is 35.6 Å². The topological polar surface area (TPSA) is 77.5 Å². The highest BCUT2D eigenvalue weighted by Crippen LogP contribution is 2.26. The number of para-hydroxylation sites is 1. The van der Waals surface area contributed by atoms with Crippen LogP contribution in [-0.2, 0) is 11.3 Å². The number of unbranched alkanes of at least 4 members (excludes halogenated alkanes) is 2. The quantitative estimate of drug-likeness (QED) is 0.353. The van der Waals surface area contributed by atoms with Crippen LogP contribution in [0, 0.1) is 0 Å². The lowest BCUT2D eigenvalue weighted by Gasteiger charge is -2.04. The largest absolute Gasteiger partial charge is 0.450 e. The third-order valence-electron chi connectivity index (χ3n) is 3.17. The zero-order chi connectivity index (χ0) is 14.4. The lowest BCUT2D eigenvalue weighted by Crippen LogP contribution is -2.30. The Morgan fingerprint density at radius 3 is 2.90 bits per heavy atom. The number of nitrogen functional groups attached to an aromatic ring is 1. The third kappa shape index (κ3) is 3.18. The predicted octanol–water partition coefficient (Wildman–Crippen LogP) is 2.74. The van der Waals surface area contributed by atoms with Crippen molar-refractivity contribution in [3.8, 4) is 0 Å². The molecule has 0 bridgehead atoms. The van der Waals surface area contributed by atoms with Crippen LogP contribution in [0.3, 0.4) is 0 Å². The van der Waals surface area contributed by atoms with Crippen molar-refractivity contribution in [2.45, 2.75) is 32.8 Å². The predicted molar refractivity (Wildman–Crippen MR) is 77.0 cm³/mol. The van der Waals surface area contributed by atoms with E-state index in [4.69, 9.17) is 15.0 Å². The Morgan fingerprint density at radius 2 is 2.15 bits per heavy atom. The fourth-order valence-corrected chi connectivity index (χ4v) is 2.12. The molecule has 108 valence electrons. The van der Waals surface area contributed by atoms with Gasteiger partial charge in [-0.2, -0.15) is 0 Å². The maximum atomic E-state index is 11.8. The van der Waals surface area contributed by atoms with Crippen LogP contribution in [0.2, 0.25) is 0 Å². The first-order valence-electron chi connectivity index (χ1n) is 6.87. The van der Waals surface area contributed by atoms with Gasteiger partial charge in [0, 0.05) is 17.6 Å². The van der Waals surface area contributed by atoms with Gasteiger partial charge in [-0.05, 0) is 12.5 Å². The highest BCUT2D eigenvalue weighted by Gasteiger charge is 2.19. The standard InChI is InChI=1S/C15H20N2O3/c1-2-3-6-9-19-10-12-11-7-4-5-8-13(11)20-14(12)15(18)17-16/h4-5,7-8H,2-3,6,9-10,16H2,1H3,(H,17,18). The summed E-state index contributed by atoms with van der Waals surface area (Å²) in [5, 5.41) is 0.890. The van der Waals surface area contributed by atoms with E-state index in [1.807, 2.05) is 24.3 Å². The Hall–Kier alpha value is -1.85. The van der Waals surface area contributed by atoms with Gasteiger partial charge in [-0.15, -0.1) is 0 Å². The van der Waals surface area contributed by atoms with E-state index in [2.05, 4.69) is 12.3 Å². The van der Waals surface area contributed by atoms with Crippen LogP contribution in [0.5, 0.6) is 0 Å². The molecule has 0 radical (unpaired) electrons. The Kier molecular flexibility index (Phi) is 5.15. The summed E-state index contributed by atoms with van der Waals surface area (Å²) < 4.78 is 11.2. The van der Waals surface area contributed by atoms with Crippen LogP contribution >= 0.6 is 0 Å². The number of rotatable bonds is 7. The zero-order valence-corrected chi connectivity index (χ0v) is 11.6. The van der Waals surface area contributed by atoms with Crippen LogP contribution in [0.15, 0.2) is 28.7 Å². The molecular formula is C15H20N2O3. The van der Waals surface area contributed by atoms with E-state index >= 15 is 0 Å². The molecule has 0 unspecified atom stereocenters. The molecule has 1 amide bonds. The normalized spacial score (nSPS) is 10.9. The lowest BCUT2D eigenvalue weighted by atomic mass is 10.1.